The van der Waals surface area contributed by atoms with Crippen molar-refractivity contribution in [2.24, 2.45) is 0 Å². The molecule has 2 aromatic rings. The van der Waals surface area contributed by atoms with Gasteiger partial charge in [0.2, 0.25) is 0 Å². The van der Waals surface area contributed by atoms with Crippen molar-refractivity contribution >= 4 is 43.0 Å². The smallest absolute Gasteiger partial charge is 0.276 e. The molecule has 0 bridgehead atoms. The zero-order chi connectivity index (χ0) is 15.8. The van der Waals surface area contributed by atoms with E-state index >= 15 is 0 Å². The summed E-state index contributed by atoms with van der Waals surface area (Å²) in [5, 5.41) is 0. The summed E-state index contributed by atoms with van der Waals surface area (Å²) < 4.78 is 77.3. The number of benzene rings is 1. The minimum absolute atomic E-state index is 0.147. The van der Waals surface area contributed by atoms with Crippen LogP contribution in [0.4, 0.5) is 23.2 Å². The predicted molar refractivity (Wildman–Crippen MR) is 74.2 cm³/mol. The SMILES string of the molecule is O=S(=O)(Nc1cc(C(F)(F)F)ccc1F)c1ccc(Br)s1. The highest BCUT2D eigenvalue weighted by Crippen LogP contribution is 2.33. The molecule has 1 heterocycles. The maximum absolute atomic E-state index is 13.5. The summed E-state index contributed by atoms with van der Waals surface area (Å²) in [6.07, 6.45) is -4.69. The van der Waals surface area contributed by atoms with Crippen LogP contribution in [0.1, 0.15) is 5.56 Å². The van der Waals surface area contributed by atoms with E-state index in [1.165, 1.54) is 12.1 Å². The maximum Gasteiger partial charge on any atom is 0.416 e. The number of alkyl halides is 3. The molecule has 114 valence electrons. The zero-order valence-electron chi connectivity index (χ0n) is 9.91. The highest BCUT2D eigenvalue weighted by Gasteiger charge is 2.31. The van der Waals surface area contributed by atoms with Gasteiger partial charge in [0.05, 0.1) is 15.0 Å². The molecule has 0 amide bonds. The Labute approximate surface area is 129 Å². The first kappa shape index (κ1) is 16.2. The van der Waals surface area contributed by atoms with Crippen molar-refractivity contribution in [2.45, 2.75) is 10.4 Å². The quantitative estimate of drug-likeness (QED) is 0.768. The molecule has 0 fully saturated rings. The largest absolute Gasteiger partial charge is 0.416 e. The van der Waals surface area contributed by atoms with Crippen molar-refractivity contribution in [1.29, 1.82) is 0 Å². The Kier molecular flexibility index (Phi) is 4.31. The summed E-state index contributed by atoms with van der Waals surface area (Å²) in [6.45, 7) is 0. The highest BCUT2D eigenvalue weighted by molar-refractivity contribution is 9.11. The second kappa shape index (κ2) is 5.58. The molecule has 21 heavy (non-hydrogen) atoms. The zero-order valence-corrected chi connectivity index (χ0v) is 13.1. The van der Waals surface area contributed by atoms with Gasteiger partial charge in [-0.25, -0.2) is 12.8 Å². The van der Waals surface area contributed by atoms with Gasteiger partial charge in [-0.1, -0.05) is 0 Å². The molecule has 1 aromatic carbocycles. The second-order valence-corrected chi connectivity index (χ2v) is 8.23. The normalized spacial score (nSPS) is 12.4. The van der Waals surface area contributed by atoms with Crippen molar-refractivity contribution in [3.8, 4) is 0 Å². The van der Waals surface area contributed by atoms with Crippen molar-refractivity contribution in [3.63, 3.8) is 0 Å². The topological polar surface area (TPSA) is 46.2 Å². The van der Waals surface area contributed by atoms with Crippen LogP contribution in [0.25, 0.3) is 0 Å². The first-order valence-corrected chi connectivity index (χ1v) is 8.34. The molecule has 0 unspecified atom stereocenters. The molecule has 0 spiro atoms. The molecule has 1 aromatic heterocycles. The van der Waals surface area contributed by atoms with Crippen molar-refractivity contribution in [2.75, 3.05) is 4.72 Å². The first-order chi connectivity index (χ1) is 9.59. The molecule has 0 aliphatic heterocycles. The summed E-state index contributed by atoms with van der Waals surface area (Å²) in [4.78, 5) is 0. The molecule has 1 N–H and O–H groups in total. The van der Waals surface area contributed by atoms with Gasteiger partial charge in [-0.05, 0) is 46.3 Å². The van der Waals surface area contributed by atoms with Gasteiger partial charge in [-0.2, -0.15) is 13.2 Å². The van der Waals surface area contributed by atoms with E-state index in [0.717, 1.165) is 11.3 Å². The van der Waals surface area contributed by atoms with Crippen LogP contribution in [0.2, 0.25) is 0 Å². The third-order valence-electron chi connectivity index (χ3n) is 2.35. The maximum atomic E-state index is 13.5. The molecule has 0 saturated heterocycles. The molecule has 0 saturated carbocycles. The van der Waals surface area contributed by atoms with Gasteiger partial charge in [0.15, 0.2) is 0 Å². The lowest BCUT2D eigenvalue weighted by Gasteiger charge is -2.11. The average Bonchev–Trinajstić information content (AvgIpc) is 2.78. The van der Waals surface area contributed by atoms with Crippen LogP contribution >= 0.6 is 27.3 Å². The molecular weight excluding hydrogens is 398 g/mol. The van der Waals surface area contributed by atoms with Crippen LogP contribution in [-0.2, 0) is 16.2 Å². The van der Waals surface area contributed by atoms with Crippen molar-refractivity contribution < 1.29 is 26.0 Å². The summed E-state index contributed by atoms with van der Waals surface area (Å²) >= 11 is 3.92. The van der Waals surface area contributed by atoms with Gasteiger partial charge in [-0.3, -0.25) is 4.72 Å². The summed E-state index contributed by atoms with van der Waals surface area (Å²) in [6, 6.07) is 4.22. The molecule has 3 nitrogen and oxygen atoms in total. The lowest BCUT2D eigenvalue weighted by Crippen LogP contribution is -2.14. The van der Waals surface area contributed by atoms with Crippen molar-refractivity contribution in [1.82, 2.24) is 0 Å². The summed E-state index contributed by atoms with van der Waals surface area (Å²) in [5.74, 6) is -1.10. The third-order valence-corrected chi connectivity index (χ3v) is 5.83. The lowest BCUT2D eigenvalue weighted by atomic mass is 10.2. The molecule has 0 atom stereocenters. The fourth-order valence-electron chi connectivity index (χ4n) is 1.42. The molecule has 0 aliphatic carbocycles. The van der Waals surface area contributed by atoms with E-state index in [9.17, 15) is 26.0 Å². The fourth-order valence-corrected chi connectivity index (χ4v) is 4.49. The van der Waals surface area contributed by atoms with E-state index in [1.807, 2.05) is 4.72 Å². The van der Waals surface area contributed by atoms with Crippen molar-refractivity contribution in [3.05, 3.63) is 45.5 Å². The standard InChI is InChI=1S/C11H6BrF4NO2S2/c12-9-3-4-10(20-9)21(18,19)17-8-5-6(11(14,15)16)1-2-7(8)13/h1-5,17H. The minimum atomic E-state index is -4.69. The number of thiophene rings is 1. The number of hydrogen-bond acceptors (Lipinski definition) is 3. The van der Waals surface area contributed by atoms with E-state index in [4.69, 9.17) is 0 Å². The van der Waals surface area contributed by atoms with Gasteiger partial charge in [0, 0.05) is 0 Å². The van der Waals surface area contributed by atoms with E-state index in [1.54, 1.807) is 0 Å². The molecule has 0 aliphatic rings. The number of sulfonamides is 1. The Bertz CT molecular complexity index is 771. The monoisotopic (exact) mass is 403 g/mol. The van der Waals surface area contributed by atoms with Gasteiger partial charge in [-0.15, -0.1) is 11.3 Å². The van der Waals surface area contributed by atoms with Gasteiger partial charge >= 0.3 is 6.18 Å². The number of anilines is 1. The number of halogens is 5. The van der Waals surface area contributed by atoms with Crippen LogP contribution in [0.15, 0.2) is 38.3 Å². The van der Waals surface area contributed by atoms with Crippen LogP contribution in [0, 0.1) is 5.82 Å². The van der Waals surface area contributed by atoms with E-state index in [-0.39, 0.29) is 4.21 Å². The predicted octanol–water partition coefficient (Wildman–Crippen LogP) is 4.47. The highest BCUT2D eigenvalue weighted by atomic mass is 79.9. The van der Waals surface area contributed by atoms with Crippen LogP contribution in [0.5, 0.6) is 0 Å². The minimum Gasteiger partial charge on any atom is -0.276 e. The second-order valence-electron chi connectivity index (χ2n) is 3.86. The van der Waals surface area contributed by atoms with Gasteiger partial charge < -0.3 is 0 Å². The van der Waals surface area contributed by atoms with Crippen LogP contribution in [-0.4, -0.2) is 8.42 Å². The van der Waals surface area contributed by atoms with E-state index < -0.39 is 33.3 Å². The average molecular weight is 404 g/mol. The fraction of sp³-hybridized carbons (Fsp3) is 0.0909. The Morgan fingerprint density at radius 3 is 2.33 bits per heavy atom. The lowest BCUT2D eigenvalue weighted by molar-refractivity contribution is -0.137. The molecular formula is C11H6BrF4NO2S2. The summed E-state index contributed by atoms with van der Waals surface area (Å²) in [7, 11) is -4.15. The molecule has 2 rings (SSSR count). The summed E-state index contributed by atoms with van der Waals surface area (Å²) in [5.41, 5.74) is -1.90. The number of rotatable bonds is 3. The van der Waals surface area contributed by atoms with Gasteiger partial charge in [0.1, 0.15) is 10.0 Å². The Morgan fingerprint density at radius 1 is 1.14 bits per heavy atom. The van der Waals surface area contributed by atoms with E-state index in [0.29, 0.717) is 22.0 Å². The molecule has 10 heteroatoms. The Hall–Kier alpha value is -1.13. The number of hydrogen-bond donors (Lipinski definition) is 1. The Balaban J connectivity index is 2.39. The third kappa shape index (κ3) is 3.74. The first-order valence-electron chi connectivity index (χ1n) is 5.24. The van der Waals surface area contributed by atoms with Gasteiger partial charge in [0.25, 0.3) is 10.0 Å². The van der Waals surface area contributed by atoms with Crippen LogP contribution < -0.4 is 4.72 Å². The van der Waals surface area contributed by atoms with Crippen LogP contribution in [0.3, 0.4) is 0 Å². The number of nitrogens with one attached hydrogen (secondary N) is 1. The Morgan fingerprint density at radius 2 is 1.81 bits per heavy atom. The van der Waals surface area contributed by atoms with E-state index in [2.05, 4.69) is 15.9 Å². The molecule has 0 radical (unpaired) electrons.